The fourth-order valence-electron chi connectivity index (χ4n) is 4.70. The van der Waals surface area contributed by atoms with Crippen LogP contribution in [0.5, 0.6) is 11.5 Å². The Bertz CT molecular complexity index is 1820. The molecule has 0 atom stereocenters. The summed E-state index contributed by atoms with van der Waals surface area (Å²) in [6.45, 7) is 1.99. The molecule has 0 saturated carbocycles. The molecule has 0 N–H and O–H groups in total. The third kappa shape index (κ3) is 4.68. The number of ether oxygens (including phenoxy) is 1. The van der Waals surface area contributed by atoms with E-state index in [2.05, 4.69) is 29.2 Å². The Morgan fingerprint density at radius 3 is 2.41 bits per heavy atom. The Hall–Kier alpha value is -4.41. The molecule has 4 aromatic carbocycles. The minimum atomic E-state index is -0.349. The van der Waals surface area contributed by atoms with Crippen molar-refractivity contribution < 1.29 is 30.2 Å². The maximum Gasteiger partial charge on any atom is 0.138 e. The predicted octanol–water partition coefficient (Wildman–Crippen LogP) is 7.63. The van der Waals surface area contributed by atoms with E-state index in [1.54, 1.807) is 0 Å². The largest absolute Gasteiger partial charge is 0.509 e. The zero-order chi connectivity index (χ0) is 25.5. The predicted molar refractivity (Wildman–Crippen MR) is 148 cm³/mol. The van der Waals surface area contributed by atoms with Crippen LogP contribution in [0.1, 0.15) is 0 Å². The van der Waals surface area contributed by atoms with Gasteiger partial charge in [-0.2, -0.15) is 12.1 Å². The van der Waals surface area contributed by atoms with Crippen molar-refractivity contribution in [1.82, 2.24) is 9.55 Å². The Morgan fingerprint density at radius 2 is 1.54 bits per heavy atom. The first-order chi connectivity index (χ1) is 18.7. The van der Waals surface area contributed by atoms with Gasteiger partial charge in [0.15, 0.2) is 0 Å². The van der Waals surface area contributed by atoms with Crippen LogP contribution in [0, 0.1) is 24.6 Å². The second kappa shape index (κ2) is 10.4. The van der Waals surface area contributed by atoms with Gasteiger partial charge in [-0.15, -0.1) is 48.1 Å². The second-order valence-corrected chi connectivity index (χ2v) is 8.84. The minimum absolute atomic E-state index is 0. The van der Waals surface area contributed by atoms with Gasteiger partial charge in [0.2, 0.25) is 0 Å². The van der Waals surface area contributed by atoms with E-state index in [4.69, 9.17) is 4.74 Å². The van der Waals surface area contributed by atoms with Gasteiger partial charge in [-0.05, 0) is 42.1 Å². The Balaban J connectivity index is 0.00000277. The average molecular weight is 691 g/mol. The summed E-state index contributed by atoms with van der Waals surface area (Å²) in [6, 6.07) is 37.2. The first-order valence-corrected chi connectivity index (χ1v) is 12.2. The average Bonchev–Trinajstić information content (AvgIpc) is 3.57. The molecule has 0 fully saturated rings. The number of para-hydroxylation sites is 2. The van der Waals surface area contributed by atoms with Gasteiger partial charge < -0.3 is 19.1 Å². The number of hydrogen-bond acceptors (Lipinski definition) is 4. The molecule has 0 amide bonds. The molecule has 2 aromatic heterocycles. The van der Waals surface area contributed by atoms with Gasteiger partial charge in [0.1, 0.15) is 11.6 Å². The maximum atomic E-state index is 14.1. The monoisotopic (exact) mass is 690 g/mol. The molecule has 3 heterocycles. The van der Waals surface area contributed by atoms with Crippen molar-refractivity contribution in [2.75, 3.05) is 9.80 Å². The standard InChI is InChI=1S/C32H20FN4O.Pt/c33-23-15-16-34-32(19-23)37-30-12-5-4-11-28(30)29-14-13-27(21-31(29)37)38-26-10-6-9-25(20-26)36-18-17-35(22-36)24-7-2-1-3-8-24;/h1-19,22H;/q-3;. The van der Waals surface area contributed by atoms with Crippen LogP contribution >= 0.6 is 0 Å². The van der Waals surface area contributed by atoms with Crippen LogP contribution < -0.4 is 14.5 Å². The number of nitrogens with zero attached hydrogens (tertiary/aromatic N) is 4. The van der Waals surface area contributed by atoms with Crippen molar-refractivity contribution in [3.63, 3.8) is 0 Å². The van der Waals surface area contributed by atoms with Crippen molar-refractivity contribution >= 4 is 33.2 Å². The molecule has 194 valence electrons. The van der Waals surface area contributed by atoms with E-state index in [0.29, 0.717) is 17.3 Å². The summed E-state index contributed by atoms with van der Waals surface area (Å²) in [6.07, 6.45) is 5.44. The molecule has 0 radical (unpaired) electrons. The Kier molecular flexibility index (Phi) is 6.63. The second-order valence-electron chi connectivity index (χ2n) is 8.84. The van der Waals surface area contributed by atoms with Crippen LogP contribution in [0.3, 0.4) is 0 Å². The third-order valence-electron chi connectivity index (χ3n) is 6.44. The summed E-state index contributed by atoms with van der Waals surface area (Å²) in [5.74, 6) is 1.22. The first kappa shape index (κ1) is 24.9. The molecular formula is C32H20FN4OPt-3. The SMILES string of the molecule is Fc1ccnc(-n2c3[c-]c(Oc4[c-]c(N5C=CN(c6ccccc6)[CH-]5)ccc4)ccc3c3ccccc32)c1.[Pt]. The van der Waals surface area contributed by atoms with E-state index in [9.17, 15) is 4.39 Å². The zero-order valence-electron chi connectivity index (χ0n) is 20.4. The topological polar surface area (TPSA) is 33.5 Å². The van der Waals surface area contributed by atoms with Crippen molar-refractivity contribution in [2.45, 2.75) is 0 Å². The number of halogens is 1. The fraction of sp³-hybridized carbons (Fsp3) is 0. The molecular weight excluding hydrogens is 670 g/mol. The van der Waals surface area contributed by atoms with Gasteiger partial charge in [0.05, 0.1) is 0 Å². The van der Waals surface area contributed by atoms with E-state index in [0.717, 1.165) is 33.2 Å². The maximum absolute atomic E-state index is 14.1. The summed E-state index contributed by atoms with van der Waals surface area (Å²) in [5, 5.41) is 2.01. The summed E-state index contributed by atoms with van der Waals surface area (Å²) in [4.78, 5) is 8.45. The number of aromatic nitrogens is 2. The van der Waals surface area contributed by atoms with Crippen LogP contribution in [-0.2, 0) is 21.1 Å². The van der Waals surface area contributed by atoms with Gasteiger partial charge in [0.25, 0.3) is 0 Å². The van der Waals surface area contributed by atoms with Crippen molar-refractivity contribution in [2.24, 2.45) is 0 Å². The number of rotatable bonds is 5. The molecule has 1 aliphatic heterocycles. The number of anilines is 2. The molecule has 0 saturated heterocycles. The van der Waals surface area contributed by atoms with Gasteiger partial charge >= 0.3 is 0 Å². The van der Waals surface area contributed by atoms with Crippen LogP contribution in [0.2, 0.25) is 0 Å². The molecule has 39 heavy (non-hydrogen) atoms. The van der Waals surface area contributed by atoms with Gasteiger partial charge in [-0.1, -0.05) is 41.9 Å². The van der Waals surface area contributed by atoms with E-state index in [1.807, 2.05) is 106 Å². The normalized spacial score (nSPS) is 12.7. The third-order valence-corrected chi connectivity index (χ3v) is 6.44. The molecule has 6 aromatic rings. The smallest absolute Gasteiger partial charge is 0.138 e. The van der Waals surface area contributed by atoms with E-state index in [1.165, 1.54) is 18.3 Å². The number of benzene rings is 4. The first-order valence-electron chi connectivity index (χ1n) is 12.2. The number of pyridine rings is 1. The summed E-state index contributed by atoms with van der Waals surface area (Å²) in [7, 11) is 0. The van der Waals surface area contributed by atoms with Gasteiger partial charge in [-0.3, -0.25) is 0 Å². The van der Waals surface area contributed by atoms with E-state index in [-0.39, 0.29) is 26.9 Å². The van der Waals surface area contributed by atoms with Crippen molar-refractivity contribution in [1.29, 1.82) is 0 Å². The molecule has 0 spiro atoms. The summed E-state index contributed by atoms with van der Waals surface area (Å²) < 4.78 is 22.2. The minimum Gasteiger partial charge on any atom is -0.509 e. The molecule has 7 rings (SSSR count). The van der Waals surface area contributed by atoms with Crippen molar-refractivity contribution in [3.8, 4) is 17.3 Å². The van der Waals surface area contributed by atoms with Crippen LogP contribution in [0.4, 0.5) is 15.8 Å². The van der Waals surface area contributed by atoms with E-state index < -0.39 is 0 Å². The Labute approximate surface area is 239 Å². The summed E-state index contributed by atoms with van der Waals surface area (Å²) >= 11 is 0. The molecule has 5 nitrogen and oxygen atoms in total. The molecule has 1 aliphatic rings. The van der Waals surface area contributed by atoms with Crippen LogP contribution in [0.15, 0.2) is 116 Å². The molecule has 0 bridgehead atoms. The summed E-state index contributed by atoms with van der Waals surface area (Å²) in [5.41, 5.74) is 3.59. The number of hydrogen-bond donors (Lipinski definition) is 0. The van der Waals surface area contributed by atoms with Crippen LogP contribution in [-0.4, -0.2) is 9.55 Å². The van der Waals surface area contributed by atoms with Crippen LogP contribution in [0.25, 0.3) is 27.6 Å². The van der Waals surface area contributed by atoms with Gasteiger partial charge in [-0.25, -0.2) is 9.37 Å². The quantitative estimate of drug-likeness (QED) is 0.174. The number of fused-ring (bicyclic) bond motifs is 3. The molecule has 0 unspecified atom stereocenters. The fourth-order valence-corrected chi connectivity index (χ4v) is 4.70. The molecule has 0 aliphatic carbocycles. The van der Waals surface area contributed by atoms with E-state index >= 15 is 0 Å². The zero-order valence-corrected chi connectivity index (χ0v) is 22.7. The Morgan fingerprint density at radius 1 is 0.744 bits per heavy atom. The van der Waals surface area contributed by atoms with Crippen molar-refractivity contribution in [3.05, 3.63) is 140 Å². The molecule has 7 heteroatoms. The van der Waals surface area contributed by atoms with Gasteiger partial charge in [0, 0.05) is 56.0 Å².